The van der Waals surface area contributed by atoms with Crippen LogP contribution in [0.1, 0.15) is 60.2 Å². The Labute approximate surface area is 154 Å². The fourth-order valence-corrected chi connectivity index (χ4v) is 5.12. The summed E-state index contributed by atoms with van der Waals surface area (Å²) in [7, 11) is 0. The van der Waals surface area contributed by atoms with Crippen LogP contribution < -0.4 is 5.32 Å². The summed E-state index contributed by atoms with van der Waals surface area (Å²) in [4.78, 5) is 15.6. The number of likely N-dealkylation sites (tertiary alicyclic amines) is 1. The van der Waals surface area contributed by atoms with Crippen LogP contribution in [0.4, 0.5) is 5.69 Å². The third-order valence-electron chi connectivity index (χ3n) is 5.86. The second-order valence-corrected chi connectivity index (χ2v) is 8.39. The van der Waals surface area contributed by atoms with Crippen molar-refractivity contribution in [2.75, 3.05) is 11.9 Å². The van der Waals surface area contributed by atoms with Gasteiger partial charge in [0.25, 0.3) is 5.91 Å². The Kier molecular flexibility index (Phi) is 4.91. The zero-order valence-electron chi connectivity index (χ0n) is 14.8. The molecule has 0 bridgehead atoms. The number of benzene rings is 1. The summed E-state index contributed by atoms with van der Waals surface area (Å²) in [6.07, 6.45) is 6.62. The summed E-state index contributed by atoms with van der Waals surface area (Å²) in [6.45, 7) is 3.66. The van der Waals surface area contributed by atoms with E-state index in [0.717, 1.165) is 22.6 Å². The lowest BCUT2D eigenvalue weighted by Crippen LogP contribution is -2.35. The van der Waals surface area contributed by atoms with Gasteiger partial charge < -0.3 is 5.32 Å². The Balaban J connectivity index is 1.37. The van der Waals surface area contributed by atoms with Crippen LogP contribution in [0.2, 0.25) is 0 Å². The maximum absolute atomic E-state index is 12.1. The van der Waals surface area contributed by atoms with E-state index in [4.69, 9.17) is 0 Å². The van der Waals surface area contributed by atoms with Crippen molar-refractivity contribution in [2.45, 2.75) is 57.0 Å². The van der Waals surface area contributed by atoms with E-state index in [1.807, 2.05) is 29.6 Å². The highest BCUT2D eigenvalue weighted by Gasteiger charge is 2.34. The monoisotopic (exact) mass is 354 g/mol. The van der Waals surface area contributed by atoms with Gasteiger partial charge in [-0.1, -0.05) is 18.2 Å². The van der Waals surface area contributed by atoms with E-state index < -0.39 is 0 Å². The van der Waals surface area contributed by atoms with Crippen LogP contribution in [0.3, 0.4) is 0 Å². The van der Waals surface area contributed by atoms with Gasteiger partial charge in [-0.2, -0.15) is 0 Å². The molecule has 1 N–H and O–H groups in total. The van der Waals surface area contributed by atoms with Crippen molar-refractivity contribution in [2.24, 2.45) is 0 Å². The molecule has 1 saturated carbocycles. The Bertz CT molecular complexity index is 710. The number of thiophene rings is 1. The molecular formula is C21H26N2OS. The topological polar surface area (TPSA) is 32.3 Å². The third kappa shape index (κ3) is 3.65. The number of anilines is 1. The zero-order chi connectivity index (χ0) is 17.2. The fraction of sp³-hybridized carbons (Fsp3) is 0.476. The number of carbonyl (C=O) groups excluding carboxylic acids is 1. The van der Waals surface area contributed by atoms with Crippen molar-refractivity contribution in [3.05, 3.63) is 52.2 Å². The van der Waals surface area contributed by atoms with Crippen LogP contribution in [-0.4, -0.2) is 29.4 Å². The molecule has 4 heteroatoms. The standard InChI is InChI=1S/C21H26N2OS/c1-15-4-2-12-23(15)19-11-8-17(14-19)16-6-9-18(10-7-16)22-21(24)20-5-3-13-25-20/h3,5-7,9-10,13,15,17,19H,2,4,8,11-12,14H2,1H3,(H,22,24)/t15-,17?,19-/m0/s1. The van der Waals surface area contributed by atoms with Gasteiger partial charge in [-0.3, -0.25) is 9.69 Å². The smallest absolute Gasteiger partial charge is 0.265 e. The highest BCUT2D eigenvalue weighted by atomic mass is 32.1. The first-order valence-electron chi connectivity index (χ1n) is 9.41. The summed E-state index contributed by atoms with van der Waals surface area (Å²) >= 11 is 1.47. The van der Waals surface area contributed by atoms with E-state index in [-0.39, 0.29) is 5.91 Å². The minimum atomic E-state index is -0.0216. The van der Waals surface area contributed by atoms with E-state index in [0.29, 0.717) is 5.92 Å². The quantitative estimate of drug-likeness (QED) is 0.826. The van der Waals surface area contributed by atoms with Crippen molar-refractivity contribution < 1.29 is 4.79 Å². The molecule has 1 aromatic heterocycles. The average molecular weight is 355 g/mol. The molecule has 1 saturated heterocycles. The average Bonchev–Trinajstić information content (AvgIpc) is 3.37. The lowest BCUT2D eigenvalue weighted by atomic mass is 9.97. The van der Waals surface area contributed by atoms with E-state index in [2.05, 4.69) is 29.3 Å². The van der Waals surface area contributed by atoms with Gasteiger partial charge in [-0.25, -0.2) is 0 Å². The van der Waals surface area contributed by atoms with Gasteiger partial charge in [0.15, 0.2) is 0 Å². The van der Waals surface area contributed by atoms with Gasteiger partial charge >= 0.3 is 0 Å². The number of nitrogens with zero attached hydrogens (tertiary/aromatic N) is 1. The molecule has 0 spiro atoms. The van der Waals surface area contributed by atoms with E-state index >= 15 is 0 Å². The first kappa shape index (κ1) is 16.8. The molecule has 1 aliphatic heterocycles. The Morgan fingerprint density at radius 2 is 2.00 bits per heavy atom. The minimum absolute atomic E-state index is 0.0216. The molecule has 2 fully saturated rings. The van der Waals surface area contributed by atoms with Gasteiger partial charge in [0.1, 0.15) is 0 Å². The van der Waals surface area contributed by atoms with Crippen LogP contribution in [0.5, 0.6) is 0 Å². The Morgan fingerprint density at radius 3 is 2.68 bits per heavy atom. The molecule has 1 aliphatic carbocycles. The largest absolute Gasteiger partial charge is 0.321 e. The predicted molar refractivity (Wildman–Crippen MR) is 104 cm³/mol. The van der Waals surface area contributed by atoms with E-state index in [1.165, 1.54) is 55.5 Å². The Hall–Kier alpha value is -1.65. The molecule has 0 radical (unpaired) electrons. The van der Waals surface area contributed by atoms with E-state index in [1.54, 1.807) is 0 Å². The van der Waals surface area contributed by atoms with Gasteiger partial charge in [0.2, 0.25) is 0 Å². The molecule has 1 aromatic carbocycles. The highest BCUT2D eigenvalue weighted by Crippen LogP contribution is 2.39. The molecule has 1 unspecified atom stereocenters. The van der Waals surface area contributed by atoms with E-state index in [9.17, 15) is 4.79 Å². The molecular weight excluding hydrogens is 328 g/mol. The van der Waals surface area contributed by atoms with Crippen molar-refractivity contribution in [3.8, 4) is 0 Å². The summed E-state index contributed by atoms with van der Waals surface area (Å²) < 4.78 is 0. The molecule has 25 heavy (non-hydrogen) atoms. The molecule has 4 rings (SSSR count). The Morgan fingerprint density at radius 1 is 1.16 bits per heavy atom. The summed E-state index contributed by atoms with van der Waals surface area (Å²) in [5.41, 5.74) is 2.30. The van der Waals surface area contributed by atoms with Gasteiger partial charge in [-0.05, 0) is 80.6 Å². The summed E-state index contributed by atoms with van der Waals surface area (Å²) in [5, 5.41) is 4.91. The maximum atomic E-state index is 12.1. The van der Waals surface area contributed by atoms with Crippen LogP contribution in [0.25, 0.3) is 0 Å². The SMILES string of the molecule is C[C@H]1CCCN1[C@H]1CCC(c2ccc(NC(=O)c3cccs3)cc2)C1. The molecule has 2 aliphatic rings. The zero-order valence-corrected chi connectivity index (χ0v) is 15.6. The molecule has 132 valence electrons. The molecule has 3 atom stereocenters. The first-order valence-corrected chi connectivity index (χ1v) is 10.3. The fourth-order valence-electron chi connectivity index (χ4n) is 4.50. The number of amides is 1. The van der Waals surface area contributed by atoms with Crippen LogP contribution in [0, 0.1) is 0 Å². The second-order valence-electron chi connectivity index (χ2n) is 7.45. The summed E-state index contributed by atoms with van der Waals surface area (Å²) in [5.74, 6) is 0.645. The number of carbonyl (C=O) groups is 1. The highest BCUT2D eigenvalue weighted by molar-refractivity contribution is 7.12. The van der Waals surface area contributed by atoms with Gasteiger partial charge in [-0.15, -0.1) is 11.3 Å². The van der Waals surface area contributed by atoms with Crippen molar-refractivity contribution >= 4 is 22.9 Å². The molecule has 2 aromatic rings. The lowest BCUT2D eigenvalue weighted by molar-refractivity contribution is 0.103. The maximum Gasteiger partial charge on any atom is 0.265 e. The van der Waals surface area contributed by atoms with Crippen LogP contribution >= 0.6 is 11.3 Å². The molecule has 2 heterocycles. The van der Waals surface area contributed by atoms with Crippen LogP contribution in [0.15, 0.2) is 41.8 Å². The predicted octanol–water partition coefficient (Wildman–Crippen LogP) is 5.12. The number of nitrogens with one attached hydrogen (secondary N) is 1. The lowest BCUT2D eigenvalue weighted by Gasteiger charge is -2.28. The van der Waals surface area contributed by atoms with Crippen molar-refractivity contribution in [1.29, 1.82) is 0 Å². The first-order chi connectivity index (χ1) is 12.2. The van der Waals surface area contributed by atoms with Crippen molar-refractivity contribution in [3.63, 3.8) is 0 Å². The normalized spacial score (nSPS) is 26.8. The number of rotatable bonds is 4. The second kappa shape index (κ2) is 7.30. The van der Waals surface area contributed by atoms with Gasteiger partial charge in [0.05, 0.1) is 4.88 Å². The summed E-state index contributed by atoms with van der Waals surface area (Å²) in [6, 6.07) is 13.8. The van der Waals surface area contributed by atoms with Gasteiger partial charge in [0, 0.05) is 17.8 Å². The number of hydrogen-bond donors (Lipinski definition) is 1. The van der Waals surface area contributed by atoms with Crippen molar-refractivity contribution in [1.82, 2.24) is 4.90 Å². The molecule has 1 amide bonds. The third-order valence-corrected chi connectivity index (χ3v) is 6.73. The van der Waals surface area contributed by atoms with Crippen LogP contribution in [-0.2, 0) is 0 Å². The number of hydrogen-bond acceptors (Lipinski definition) is 3. The minimum Gasteiger partial charge on any atom is -0.321 e. The molecule has 3 nitrogen and oxygen atoms in total.